The lowest BCUT2D eigenvalue weighted by atomic mass is 10.0. The second kappa shape index (κ2) is 4.98. The maximum absolute atomic E-state index is 11.7. The van der Waals surface area contributed by atoms with E-state index in [1.165, 1.54) is 5.56 Å². The van der Waals surface area contributed by atoms with Gasteiger partial charge in [-0.05, 0) is 25.1 Å². The highest BCUT2D eigenvalue weighted by Crippen LogP contribution is 2.30. The molecule has 0 amide bonds. The first kappa shape index (κ1) is 13.6. The number of H-pyrrole nitrogens is 2. The second-order valence-corrected chi connectivity index (χ2v) is 5.72. The monoisotopic (exact) mass is 304 g/mol. The van der Waals surface area contributed by atoms with E-state index in [0.29, 0.717) is 0 Å². The second-order valence-electron chi connectivity index (χ2n) is 5.72. The minimum Gasteiger partial charge on any atom is -0.344 e. The number of imidazole rings is 2. The van der Waals surface area contributed by atoms with Crippen molar-refractivity contribution in [3.63, 3.8) is 0 Å². The number of aryl methyl sites for hydroxylation is 2. The van der Waals surface area contributed by atoms with E-state index in [-0.39, 0.29) is 5.69 Å². The summed E-state index contributed by atoms with van der Waals surface area (Å²) in [6.45, 7) is 2.07. The number of benzene rings is 2. The highest BCUT2D eigenvalue weighted by Gasteiger charge is 2.12. The first-order valence-corrected chi connectivity index (χ1v) is 7.43. The van der Waals surface area contributed by atoms with Crippen LogP contribution in [0.4, 0.5) is 0 Å². The molecule has 0 saturated carbocycles. The molecule has 0 aliphatic heterocycles. The van der Waals surface area contributed by atoms with Gasteiger partial charge in [-0.2, -0.15) is 0 Å². The molecular weight excluding hydrogens is 288 g/mol. The van der Waals surface area contributed by atoms with E-state index in [2.05, 4.69) is 40.1 Å². The number of rotatable bonds is 2. The zero-order chi connectivity index (χ0) is 16.0. The predicted octanol–water partition coefficient (Wildman–Crippen LogP) is 3.23. The molecule has 2 aromatic carbocycles. The molecule has 0 aliphatic carbocycles. The van der Waals surface area contributed by atoms with E-state index < -0.39 is 0 Å². The number of hydrogen-bond acceptors (Lipinski definition) is 2. The highest BCUT2D eigenvalue weighted by atomic mass is 16.1. The van der Waals surface area contributed by atoms with Crippen LogP contribution in [0.15, 0.2) is 53.6 Å². The molecule has 0 unspecified atom stereocenters. The number of aromatic amines is 2. The number of fused-ring (bicyclic) bond motifs is 1. The Bertz CT molecular complexity index is 1070. The minimum absolute atomic E-state index is 0.110. The summed E-state index contributed by atoms with van der Waals surface area (Å²) in [6, 6.07) is 14.2. The Balaban J connectivity index is 1.91. The van der Waals surface area contributed by atoms with Gasteiger partial charge in [0, 0.05) is 18.2 Å². The molecular formula is C18H16N4O. The van der Waals surface area contributed by atoms with Gasteiger partial charge in [-0.15, -0.1) is 0 Å². The Morgan fingerprint density at radius 3 is 2.78 bits per heavy atom. The van der Waals surface area contributed by atoms with Crippen LogP contribution < -0.4 is 5.69 Å². The van der Waals surface area contributed by atoms with E-state index in [0.717, 1.165) is 33.5 Å². The molecule has 0 spiro atoms. The van der Waals surface area contributed by atoms with Gasteiger partial charge in [0.05, 0.1) is 28.7 Å². The molecule has 4 rings (SSSR count). The largest absolute Gasteiger partial charge is 0.344 e. The van der Waals surface area contributed by atoms with Crippen LogP contribution in [0, 0.1) is 6.92 Å². The molecule has 0 aliphatic rings. The van der Waals surface area contributed by atoms with Crippen LogP contribution in [0.5, 0.6) is 0 Å². The topological polar surface area (TPSA) is 66.5 Å². The average molecular weight is 304 g/mol. The van der Waals surface area contributed by atoms with Gasteiger partial charge >= 0.3 is 5.69 Å². The highest BCUT2D eigenvalue weighted by molar-refractivity contribution is 5.85. The van der Waals surface area contributed by atoms with Gasteiger partial charge < -0.3 is 9.97 Å². The standard InChI is InChI=1S/C18H16N4O/c1-11-4-3-5-12(8-11)16-17(20-10-19-16)13-6-7-14-15(9-13)22(2)18(23)21-14/h3-10H,1-2H3,(H,19,20)(H,21,23). The first-order chi connectivity index (χ1) is 11.1. The van der Waals surface area contributed by atoms with Gasteiger partial charge in [0.2, 0.25) is 0 Å². The van der Waals surface area contributed by atoms with E-state index in [1.807, 2.05) is 24.3 Å². The summed E-state index contributed by atoms with van der Waals surface area (Å²) in [7, 11) is 1.76. The maximum Gasteiger partial charge on any atom is 0.326 e. The van der Waals surface area contributed by atoms with Crippen molar-refractivity contribution < 1.29 is 0 Å². The fourth-order valence-corrected chi connectivity index (χ4v) is 2.90. The fourth-order valence-electron chi connectivity index (χ4n) is 2.90. The summed E-state index contributed by atoms with van der Waals surface area (Å²) in [5.74, 6) is 0. The van der Waals surface area contributed by atoms with E-state index in [1.54, 1.807) is 17.9 Å². The van der Waals surface area contributed by atoms with Crippen LogP contribution >= 0.6 is 0 Å². The smallest absolute Gasteiger partial charge is 0.326 e. The molecule has 0 atom stereocenters. The van der Waals surface area contributed by atoms with Crippen molar-refractivity contribution in [1.29, 1.82) is 0 Å². The molecule has 2 aromatic heterocycles. The summed E-state index contributed by atoms with van der Waals surface area (Å²) >= 11 is 0. The number of aromatic nitrogens is 4. The lowest BCUT2D eigenvalue weighted by molar-refractivity contribution is 0.892. The third-order valence-electron chi connectivity index (χ3n) is 4.12. The molecule has 0 saturated heterocycles. The Morgan fingerprint density at radius 2 is 1.96 bits per heavy atom. The number of hydrogen-bond donors (Lipinski definition) is 2. The van der Waals surface area contributed by atoms with Gasteiger partial charge in [-0.3, -0.25) is 4.57 Å². The van der Waals surface area contributed by atoms with Crippen molar-refractivity contribution in [2.24, 2.45) is 7.05 Å². The van der Waals surface area contributed by atoms with Crippen molar-refractivity contribution in [1.82, 2.24) is 19.5 Å². The quantitative estimate of drug-likeness (QED) is 0.597. The lowest BCUT2D eigenvalue weighted by Gasteiger charge is -2.05. The third kappa shape index (κ3) is 2.17. The molecule has 0 radical (unpaired) electrons. The van der Waals surface area contributed by atoms with Gasteiger partial charge in [0.1, 0.15) is 0 Å². The Labute approximate surface area is 132 Å². The Hall–Kier alpha value is -3.08. The van der Waals surface area contributed by atoms with Crippen LogP contribution in [0.2, 0.25) is 0 Å². The summed E-state index contributed by atoms with van der Waals surface area (Å²) < 4.78 is 1.61. The number of nitrogens with one attached hydrogen (secondary N) is 2. The van der Waals surface area contributed by atoms with Crippen LogP contribution in [0.25, 0.3) is 33.5 Å². The van der Waals surface area contributed by atoms with E-state index >= 15 is 0 Å². The lowest BCUT2D eigenvalue weighted by Crippen LogP contribution is -2.11. The maximum atomic E-state index is 11.7. The van der Waals surface area contributed by atoms with Crippen molar-refractivity contribution in [2.45, 2.75) is 6.92 Å². The third-order valence-corrected chi connectivity index (χ3v) is 4.12. The Morgan fingerprint density at radius 1 is 1.09 bits per heavy atom. The summed E-state index contributed by atoms with van der Waals surface area (Å²) in [6.07, 6.45) is 1.70. The molecule has 2 heterocycles. The fraction of sp³-hybridized carbons (Fsp3) is 0.111. The van der Waals surface area contributed by atoms with Crippen molar-refractivity contribution in [3.8, 4) is 22.5 Å². The molecule has 114 valence electrons. The Kier molecular flexibility index (Phi) is 2.94. The van der Waals surface area contributed by atoms with Gasteiger partial charge in [-0.25, -0.2) is 9.78 Å². The minimum atomic E-state index is -0.110. The van der Waals surface area contributed by atoms with Crippen LogP contribution in [-0.2, 0) is 7.05 Å². The molecule has 5 nitrogen and oxygen atoms in total. The molecule has 0 fully saturated rings. The molecule has 0 bridgehead atoms. The molecule has 23 heavy (non-hydrogen) atoms. The van der Waals surface area contributed by atoms with E-state index in [9.17, 15) is 4.79 Å². The van der Waals surface area contributed by atoms with Gasteiger partial charge in [-0.1, -0.05) is 29.8 Å². The SMILES string of the molecule is Cc1cccc(-c2nc[nH]c2-c2ccc3[nH]c(=O)n(C)c3c2)c1. The zero-order valence-corrected chi connectivity index (χ0v) is 12.9. The van der Waals surface area contributed by atoms with E-state index in [4.69, 9.17) is 0 Å². The first-order valence-electron chi connectivity index (χ1n) is 7.43. The van der Waals surface area contributed by atoms with Crippen LogP contribution in [-0.4, -0.2) is 19.5 Å². The summed E-state index contributed by atoms with van der Waals surface area (Å²) in [4.78, 5) is 22.3. The predicted molar refractivity (Wildman–Crippen MR) is 91.3 cm³/mol. The van der Waals surface area contributed by atoms with Gasteiger partial charge in [0.15, 0.2) is 0 Å². The van der Waals surface area contributed by atoms with Gasteiger partial charge in [0.25, 0.3) is 0 Å². The van der Waals surface area contributed by atoms with Crippen LogP contribution in [0.1, 0.15) is 5.56 Å². The van der Waals surface area contributed by atoms with Crippen molar-refractivity contribution in [3.05, 3.63) is 64.8 Å². The average Bonchev–Trinajstić information content (AvgIpc) is 3.13. The number of nitrogens with zero attached hydrogens (tertiary/aromatic N) is 2. The van der Waals surface area contributed by atoms with Crippen molar-refractivity contribution >= 4 is 11.0 Å². The molecule has 2 N–H and O–H groups in total. The summed E-state index contributed by atoms with van der Waals surface area (Å²) in [5.41, 5.74) is 6.72. The summed E-state index contributed by atoms with van der Waals surface area (Å²) in [5, 5.41) is 0. The molecule has 5 heteroatoms. The van der Waals surface area contributed by atoms with Crippen LogP contribution in [0.3, 0.4) is 0 Å². The van der Waals surface area contributed by atoms with Crippen molar-refractivity contribution in [2.75, 3.05) is 0 Å². The normalized spacial score (nSPS) is 11.2. The zero-order valence-electron chi connectivity index (χ0n) is 12.9. The molecule has 4 aromatic rings.